The number of aryl methyl sites for hydroxylation is 2. The lowest BCUT2D eigenvalue weighted by Crippen LogP contribution is -2.48. The van der Waals surface area contributed by atoms with Crippen molar-refractivity contribution in [2.24, 2.45) is 0 Å². The van der Waals surface area contributed by atoms with Crippen molar-refractivity contribution in [1.29, 1.82) is 0 Å². The third-order valence-corrected chi connectivity index (χ3v) is 4.77. The predicted octanol–water partition coefficient (Wildman–Crippen LogP) is 2.82. The van der Waals surface area contributed by atoms with Crippen LogP contribution in [0, 0.1) is 6.92 Å². The van der Waals surface area contributed by atoms with E-state index in [4.69, 9.17) is 11.6 Å². The van der Waals surface area contributed by atoms with Crippen LogP contribution in [0.1, 0.15) is 28.5 Å². The Hall–Kier alpha value is -1.85. The van der Waals surface area contributed by atoms with Gasteiger partial charge in [-0.2, -0.15) is 5.10 Å². The average molecular weight is 347 g/mol. The Morgan fingerprint density at radius 1 is 1.17 bits per heavy atom. The molecule has 0 N–H and O–H groups in total. The van der Waals surface area contributed by atoms with E-state index in [9.17, 15) is 4.79 Å². The van der Waals surface area contributed by atoms with Crippen LogP contribution in [0.5, 0.6) is 0 Å². The number of halogens is 1. The van der Waals surface area contributed by atoms with E-state index >= 15 is 0 Å². The van der Waals surface area contributed by atoms with Crippen molar-refractivity contribution in [3.63, 3.8) is 0 Å². The zero-order valence-corrected chi connectivity index (χ0v) is 15.0. The third-order valence-electron chi connectivity index (χ3n) is 4.52. The molecule has 0 radical (unpaired) electrons. The van der Waals surface area contributed by atoms with Crippen LogP contribution in [-0.4, -0.2) is 51.7 Å². The van der Waals surface area contributed by atoms with Gasteiger partial charge >= 0.3 is 0 Å². The lowest BCUT2D eigenvalue weighted by atomic mass is 10.1. The van der Waals surface area contributed by atoms with E-state index < -0.39 is 0 Å². The van der Waals surface area contributed by atoms with Crippen molar-refractivity contribution in [1.82, 2.24) is 19.6 Å². The maximum atomic E-state index is 12.5. The highest BCUT2D eigenvalue weighted by Gasteiger charge is 2.22. The zero-order chi connectivity index (χ0) is 17.1. The van der Waals surface area contributed by atoms with Crippen LogP contribution in [0.25, 0.3) is 0 Å². The first-order chi connectivity index (χ1) is 11.6. The van der Waals surface area contributed by atoms with Gasteiger partial charge in [0.15, 0.2) is 0 Å². The number of carbonyl (C=O) groups is 1. The molecule has 5 nitrogen and oxygen atoms in total. The van der Waals surface area contributed by atoms with Gasteiger partial charge in [0.25, 0.3) is 5.91 Å². The predicted molar refractivity (Wildman–Crippen MR) is 95.3 cm³/mol. The summed E-state index contributed by atoms with van der Waals surface area (Å²) in [5.41, 5.74) is 3.07. The summed E-state index contributed by atoms with van der Waals surface area (Å²) in [7, 11) is 0. The molecule has 0 saturated carbocycles. The van der Waals surface area contributed by atoms with Crippen molar-refractivity contribution >= 4 is 17.5 Å². The van der Waals surface area contributed by atoms with E-state index in [2.05, 4.69) is 30.0 Å². The van der Waals surface area contributed by atoms with Crippen molar-refractivity contribution in [3.05, 3.63) is 52.3 Å². The van der Waals surface area contributed by atoms with E-state index in [1.165, 1.54) is 5.56 Å². The monoisotopic (exact) mass is 346 g/mol. The van der Waals surface area contributed by atoms with Crippen molar-refractivity contribution in [3.8, 4) is 0 Å². The van der Waals surface area contributed by atoms with Gasteiger partial charge in [0, 0.05) is 61.6 Å². The molecule has 1 aliphatic rings. The second-order valence-electron chi connectivity index (χ2n) is 6.17. The first-order valence-corrected chi connectivity index (χ1v) is 8.74. The van der Waals surface area contributed by atoms with E-state index in [1.54, 1.807) is 24.3 Å². The van der Waals surface area contributed by atoms with E-state index in [0.29, 0.717) is 10.6 Å². The molecule has 1 aliphatic heterocycles. The number of aromatic nitrogens is 2. The highest BCUT2D eigenvalue weighted by molar-refractivity contribution is 6.30. The standard InChI is InChI=1S/C18H23ClN4O/c1-3-23-13-16(14(2)20-23)12-21-8-10-22(11-9-21)18(24)15-4-6-17(19)7-5-15/h4-7,13H,3,8-12H2,1-2H3. The molecule has 1 aromatic carbocycles. The van der Waals surface area contributed by atoms with E-state index in [-0.39, 0.29) is 5.91 Å². The lowest BCUT2D eigenvalue weighted by molar-refractivity contribution is 0.0628. The van der Waals surface area contributed by atoms with Gasteiger partial charge in [0.2, 0.25) is 0 Å². The second kappa shape index (κ2) is 7.36. The molecule has 6 heteroatoms. The number of nitrogens with zero attached hydrogens (tertiary/aromatic N) is 4. The van der Waals surface area contributed by atoms with Gasteiger partial charge in [-0.05, 0) is 38.1 Å². The molecule has 3 rings (SSSR count). The van der Waals surface area contributed by atoms with Gasteiger partial charge in [0.1, 0.15) is 0 Å². The molecule has 1 aromatic heterocycles. The summed E-state index contributed by atoms with van der Waals surface area (Å²) < 4.78 is 1.98. The Balaban J connectivity index is 1.56. The van der Waals surface area contributed by atoms with Gasteiger partial charge < -0.3 is 4.90 Å². The number of hydrogen-bond donors (Lipinski definition) is 0. The van der Waals surface area contributed by atoms with E-state index in [1.807, 2.05) is 9.58 Å². The molecule has 128 valence electrons. The Morgan fingerprint density at radius 2 is 1.83 bits per heavy atom. The number of amides is 1. The molecule has 1 amide bonds. The van der Waals surface area contributed by atoms with Crippen LogP contribution in [0.2, 0.25) is 5.02 Å². The molecule has 1 fully saturated rings. The van der Waals surface area contributed by atoms with Gasteiger partial charge in [-0.3, -0.25) is 14.4 Å². The van der Waals surface area contributed by atoms with Crippen molar-refractivity contribution in [2.75, 3.05) is 26.2 Å². The fraction of sp³-hybridized carbons (Fsp3) is 0.444. The molecular weight excluding hydrogens is 324 g/mol. The third kappa shape index (κ3) is 3.79. The van der Waals surface area contributed by atoms with Crippen LogP contribution < -0.4 is 0 Å². The van der Waals surface area contributed by atoms with Crippen molar-refractivity contribution < 1.29 is 4.79 Å². The summed E-state index contributed by atoms with van der Waals surface area (Å²) >= 11 is 5.88. The first kappa shape index (κ1) is 17.0. The number of piperazine rings is 1. The Labute approximate surface area is 147 Å². The highest BCUT2D eigenvalue weighted by atomic mass is 35.5. The summed E-state index contributed by atoms with van der Waals surface area (Å²) in [5.74, 6) is 0.0845. The minimum Gasteiger partial charge on any atom is -0.336 e. The van der Waals surface area contributed by atoms with Gasteiger partial charge in [-0.15, -0.1) is 0 Å². The Bertz CT molecular complexity index is 702. The van der Waals surface area contributed by atoms with Crippen LogP contribution in [0.4, 0.5) is 0 Å². The summed E-state index contributed by atoms with van der Waals surface area (Å²) in [6, 6.07) is 7.11. The minimum absolute atomic E-state index is 0.0845. The number of rotatable bonds is 4. The van der Waals surface area contributed by atoms with Crippen molar-refractivity contribution in [2.45, 2.75) is 26.9 Å². The molecular formula is C18H23ClN4O. The molecule has 0 atom stereocenters. The maximum Gasteiger partial charge on any atom is 0.253 e. The first-order valence-electron chi connectivity index (χ1n) is 8.37. The Morgan fingerprint density at radius 3 is 2.42 bits per heavy atom. The quantitative estimate of drug-likeness (QED) is 0.854. The molecule has 2 aromatic rings. The molecule has 24 heavy (non-hydrogen) atoms. The SMILES string of the molecule is CCn1cc(CN2CCN(C(=O)c3ccc(Cl)cc3)CC2)c(C)n1. The van der Waals surface area contributed by atoms with Crippen LogP contribution in [0.15, 0.2) is 30.5 Å². The summed E-state index contributed by atoms with van der Waals surface area (Å²) in [6.07, 6.45) is 2.13. The number of benzene rings is 1. The minimum atomic E-state index is 0.0845. The zero-order valence-electron chi connectivity index (χ0n) is 14.2. The molecule has 1 saturated heterocycles. The molecule has 0 unspecified atom stereocenters. The van der Waals surface area contributed by atoms with Crippen LogP contribution >= 0.6 is 11.6 Å². The maximum absolute atomic E-state index is 12.5. The normalized spacial score (nSPS) is 15.7. The van der Waals surface area contributed by atoms with E-state index in [0.717, 1.165) is 45.0 Å². The number of hydrogen-bond acceptors (Lipinski definition) is 3. The average Bonchev–Trinajstić information content (AvgIpc) is 2.95. The fourth-order valence-corrected chi connectivity index (χ4v) is 3.13. The number of carbonyl (C=O) groups excluding carboxylic acids is 1. The smallest absolute Gasteiger partial charge is 0.253 e. The molecule has 0 aliphatic carbocycles. The molecule has 0 spiro atoms. The largest absolute Gasteiger partial charge is 0.336 e. The highest BCUT2D eigenvalue weighted by Crippen LogP contribution is 2.15. The summed E-state index contributed by atoms with van der Waals surface area (Å²) in [6.45, 7) is 9.22. The molecule has 0 bridgehead atoms. The lowest BCUT2D eigenvalue weighted by Gasteiger charge is -2.34. The topological polar surface area (TPSA) is 41.4 Å². The van der Waals surface area contributed by atoms with Crippen LogP contribution in [0.3, 0.4) is 0 Å². The summed E-state index contributed by atoms with van der Waals surface area (Å²) in [4.78, 5) is 16.8. The van der Waals surface area contributed by atoms with Gasteiger partial charge in [-0.25, -0.2) is 0 Å². The van der Waals surface area contributed by atoms with Gasteiger partial charge in [0.05, 0.1) is 5.69 Å². The fourth-order valence-electron chi connectivity index (χ4n) is 3.00. The van der Waals surface area contributed by atoms with Gasteiger partial charge in [-0.1, -0.05) is 11.6 Å². The second-order valence-corrected chi connectivity index (χ2v) is 6.61. The molecule has 2 heterocycles. The Kier molecular flexibility index (Phi) is 5.21. The summed E-state index contributed by atoms with van der Waals surface area (Å²) in [5, 5.41) is 5.15. The van der Waals surface area contributed by atoms with Crippen LogP contribution in [-0.2, 0) is 13.1 Å².